The Balaban J connectivity index is 3.10. The topological polar surface area (TPSA) is 70.3 Å². The van der Waals surface area contributed by atoms with Crippen molar-refractivity contribution < 1.29 is 23.4 Å². The lowest BCUT2D eigenvalue weighted by molar-refractivity contribution is -0.618. The van der Waals surface area contributed by atoms with Crippen molar-refractivity contribution in [1.29, 1.82) is 0 Å². The van der Waals surface area contributed by atoms with E-state index in [4.69, 9.17) is 0 Å². The Labute approximate surface area is 105 Å². The number of ketones is 1. The molecule has 0 aromatic carbocycles. The van der Waals surface area contributed by atoms with Gasteiger partial charge in [0.1, 0.15) is 0 Å². The Hall–Kier alpha value is -1.50. The van der Waals surface area contributed by atoms with Crippen LogP contribution >= 0.6 is 15.9 Å². The highest BCUT2D eigenvalue weighted by molar-refractivity contribution is 9.09. The third-order valence-corrected chi connectivity index (χ3v) is 2.48. The second kappa shape index (κ2) is 5.72. The van der Waals surface area contributed by atoms with Crippen LogP contribution in [0.25, 0.3) is 0 Å². The Morgan fingerprint density at radius 1 is 1.59 bits per heavy atom. The maximum atomic E-state index is 13.8. The molecule has 92 valence electrons. The summed E-state index contributed by atoms with van der Waals surface area (Å²) in [5, 5.41) is 11.2. The number of halogens is 2. The zero-order chi connectivity index (χ0) is 13.0. The molecule has 0 fully saturated rings. The van der Waals surface area contributed by atoms with Gasteiger partial charge in [0.15, 0.2) is 18.6 Å². The first-order valence-corrected chi connectivity index (χ1v) is 5.72. The Morgan fingerprint density at radius 2 is 2.24 bits per heavy atom. The number of Topliss-reactive ketones (excluding diaryl/α,β-unsaturated/α-hetero) is 1. The first-order chi connectivity index (χ1) is 7.97. The van der Waals surface area contributed by atoms with Crippen molar-refractivity contribution in [3.8, 4) is 0 Å². The van der Waals surface area contributed by atoms with Gasteiger partial charge in [-0.15, -0.1) is 0 Å². The molecule has 0 aliphatic rings. The maximum absolute atomic E-state index is 13.8. The van der Waals surface area contributed by atoms with Gasteiger partial charge in [0.25, 0.3) is 5.69 Å². The number of hydrogen-bond acceptors (Lipinski definition) is 4. The maximum Gasteiger partial charge on any atom is 0.303 e. The summed E-state index contributed by atoms with van der Waals surface area (Å²) < 4.78 is 18.5. The largest absolute Gasteiger partial charge is 0.618 e. The molecule has 0 unspecified atom stereocenters. The van der Waals surface area contributed by atoms with E-state index in [-0.39, 0.29) is 15.6 Å². The lowest BCUT2D eigenvalue weighted by atomic mass is 10.1. The van der Waals surface area contributed by atoms with Crippen LogP contribution < -0.4 is 4.73 Å². The lowest BCUT2D eigenvalue weighted by Gasteiger charge is -2.07. The number of pyridine rings is 1. The van der Waals surface area contributed by atoms with Crippen LogP contribution in [-0.4, -0.2) is 17.1 Å². The second-order valence-electron chi connectivity index (χ2n) is 3.15. The number of carbonyl (C=O) groups excluding carboxylic acids is 2. The zero-order valence-electron chi connectivity index (χ0n) is 8.91. The molecule has 0 aliphatic heterocycles. The van der Waals surface area contributed by atoms with Gasteiger partial charge in [-0.25, -0.2) is 0 Å². The minimum Gasteiger partial charge on any atom is -0.618 e. The van der Waals surface area contributed by atoms with E-state index in [1.807, 2.05) is 0 Å². The van der Waals surface area contributed by atoms with Gasteiger partial charge in [-0.2, -0.15) is 9.12 Å². The van der Waals surface area contributed by atoms with Gasteiger partial charge >= 0.3 is 5.97 Å². The van der Waals surface area contributed by atoms with Crippen molar-refractivity contribution >= 4 is 27.7 Å². The molecule has 0 radical (unpaired) electrons. The molecule has 0 saturated heterocycles. The molecule has 1 aromatic heterocycles. The van der Waals surface area contributed by atoms with E-state index in [0.29, 0.717) is 0 Å². The van der Waals surface area contributed by atoms with Gasteiger partial charge in [-0.05, 0) is 0 Å². The van der Waals surface area contributed by atoms with Crippen LogP contribution in [-0.2, 0) is 16.1 Å². The molecule has 1 heterocycles. The van der Waals surface area contributed by atoms with Crippen LogP contribution in [0, 0.1) is 11.0 Å². The molecular formula is C10H9BrFNO4. The number of esters is 1. The number of nitrogens with zero attached hydrogens (tertiary/aromatic N) is 1. The van der Waals surface area contributed by atoms with Crippen LogP contribution in [0.2, 0.25) is 0 Å². The van der Waals surface area contributed by atoms with E-state index in [1.54, 1.807) is 0 Å². The minimum atomic E-state index is -0.965. The summed E-state index contributed by atoms with van der Waals surface area (Å²) >= 11 is 2.90. The summed E-state index contributed by atoms with van der Waals surface area (Å²) in [6.07, 6.45) is 0.998. The van der Waals surface area contributed by atoms with Gasteiger partial charge < -0.3 is 9.94 Å². The molecule has 0 aliphatic carbocycles. The number of aromatic nitrogens is 1. The zero-order valence-corrected chi connectivity index (χ0v) is 10.5. The fraction of sp³-hybridized carbons (Fsp3) is 0.300. The molecule has 1 aromatic rings. The smallest absolute Gasteiger partial charge is 0.303 e. The van der Waals surface area contributed by atoms with Crippen molar-refractivity contribution in [3.63, 3.8) is 0 Å². The standard InChI is InChI=1S/C10H9BrFNO4/c1-6(14)17-5-8-10(12)7(9(15)4-11)2-3-13(8)16/h2-3H,4-5H2,1H3. The van der Waals surface area contributed by atoms with Crippen LogP contribution in [0.1, 0.15) is 23.0 Å². The Morgan fingerprint density at radius 3 is 2.76 bits per heavy atom. The molecule has 17 heavy (non-hydrogen) atoms. The van der Waals surface area contributed by atoms with Crippen LogP contribution in [0.15, 0.2) is 12.3 Å². The van der Waals surface area contributed by atoms with E-state index in [2.05, 4.69) is 20.7 Å². The second-order valence-corrected chi connectivity index (χ2v) is 3.71. The van der Waals surface area contributed by atoms with Crippen molar-refractivity contribution in [2.45, 2.75) is 13.5 Å². The summed E-state index contributed by atoms with van der Waals surface area (Å²) in [6.45, 7) is 0.634. The van der Waals surface area contributed by atoms with Gasteiger partial charge in [-0.3, -0.25) is 9.59 Å². The highest BCUT2D eigenvalue weighted by Gasteiger charge is 2.22. The molecule has 0 spiro atoms. The molecule has 1 rings (SSSR count). The van der Waals surface area contributed by atoms with E-state index in [1.165, 1.54) is 0 Å². The average Bonchev–Trinajstić information content (AvgIpc) is 2.27. The average molecular weight is 306 g/mol. The third kappa shape index (κ3) is 3.23. The first kappa shape index (κ1) is 13.6. The first-order valence-electron chi connectivity index (χ1n) is 4.60. The molecule has 7 heteroatoms. The fourth-order valence-electron chi connectivity index (χ4n) is 1.14. The van der Waals surface area contributed by atoms with Gasteiger partial charge in [0.2, 0.25) is 5.82 Å². The Kier molecular flexibility index (Phi) is 4.56. The number of alkyl halides is 1. The normalized spacial score (nSPS) is 10.1. The summed E-state index contributed by atoms with van der Waals surface area (Å²) in [4.78, 5) is 21.9. The quantitative estimate of drug-likeness (QED) is 0.275. The van der Waals surface area contributed by atoms with E-state index >= 15 is 0 Å². The molecule has 0 atom stereocenters. The SMILES string of the molecule is CC(=O)OCc1c(F)c(C(=O)CBr)cc[n+]1[O-]. The lowest BCUT2D eigenvalue weighted by Crippen LogP contribution is -2.34. The minimum absolute atomic E-state index is 0.0558. The highest BCUT2D eigenvalue weighted by Crippen LogP contribution is 2.12. The molecule has 0 bridgehead atoms. The van der Waals surface area contributed by atoms with Crippen molar-refractivity contribution in [2.75, 3.05) is 5.33 Å². The number of ether oxygens (including phenoxy) is 1. The summed E-state index contributed by atoms with van der Waals surface area (Å²) in [5.74, 6) is -2.10. The van der Waals surface area contributed by atoms with Gasteiger partial charge in [-0.1, -0.05) is 15.9 Å². The van der Waals surface area contributed by atoms with Gasteiger partial charge in [0.05, 0.1) is 10.9 Å². The Bertz CT molecular complexity index is 464. The highest BCUT2D eigenvalue weighted by atomic mass is 79.9. The number of hydrogen-bond donors (Lipinski definition) is 0. The van der Waals surface area contributed by atoms with Crippen LogP contribution in [0.5, 0.6) is 0 Å². The predicted octanol–water partition coefficient (Wildman–Crippen LogP) is 1.10. The summed E-state index contributed by atoms with van der Waals surface area (Å²) in [5.41, 5.74) is -0.608. The van der Waals surface area contributed by atoms with Crippen LogP contribution in [0.3, 0.4) is 0 Å². The van der Waals surface area contributed by atoms with Crippen molar-refractivity contribution in [1.82, 2.24) is 0 Å². The van der Waals surface area contributed by atoms with Crippen LogP contribution in [0.4, 0.5) is 4.39 Å². The molecule has 5 nitrogen and oxygen atoms in total. The van der Waals surface area contributed by atoms with Crippen molar-refractivity contribution in [3.05, 3.63) is 34.5 Å². The third-order valence-electron chi connectivity index (χ3n) is 1.97. The van der Waals surface area contributed by atoms with E-state index < -0.39 is 29.9 Å². The predicted molar refractivity (Wildman–Crippen MR) is 59.0 cm³/mol. The number of rotatable bonds is 4. The molecule has 0 saturated carbocycles. The number of carbonyl (C=O) groups is 2. The van der Waals surface area contributed by atoms with Gasteiger partial charge in [0, 0.05) is 13.0 Å². The summed E-state index contributed by atoms with van der Waals surface area (Å²) in [6, 6.07) is 1.09. The summed E-state index contributed by atoms with van der Waals surface area (Å²) in [7, 11) is 0. The van der Waals surface area contributed by atoms with Crippen molar-refractivity contribution in [2.24, 2.45) is 0 Å². The monoisotopic (exact) mass is 305 g/mol. The molecular weight excluding hydrogens is 297 g/mol. The van der Waals surface area contributed by atoms with E-state index in [0.717, 1.165) is 19.2 Å². The molecule has 0 N–H and O–H groups in total. The van der Waals surface area contributed by atoms with E-state index in [9.17, 15) is 19.2 Å². The fourth-order valence-corrected chi connectivity index (χ4v) is 1.44. The molecule has 0 amide bonds.